The third-order valence-corrected chi connectivity index (χ3v) is 7.04. The van der Waals surface area contributed by atoms with E-state index >= 15 is 0 Å². The minimum Gasteiger partial charge on any atom is -0.406 e. The van der Waals surface area contributed by atoms with Crippen LogP contribution in [0.15, 0.2) is 36.4 Å². The molecule has 2 aromatic carbocycles. The predicted octanol–water partition coefficient (Wildman–Crippen LogP) is 4.12. The van der Waals surface area contributed by atoms with Crippen LogP contribution in [0.25, 0.3) is 12.8 Å². The lowest BCUT2D eigenvalue weighted by Gasteiger charge is -2.21. The summed E-state index contributed by atoms with van der Waals surface area (Å²) in [5.41, 5.74) is -3.11. The molecule has 0 spiro atoms. The number of benzene rings is 2. The van der Waals surface area contributed by atoms with E-state index < -0.39 is 23.5 Å². The molecule has 1 aliphatic heterocycles. The number of likely N-dealkylation sites (tertiary alicyclic amines) is 1. The van der Waals surface area contributed by atoms with Crippen molar-refractivity contribution in [2.75, 3.05) is 39.0 Å². The molecule has 1 aliphatic rings. The summed E-state index contributed by atoms with van der Waals surface area (Å²) in [6.07, 6.45) is -2.23. The van der Waals surface area contributed by atoms with Gasteiger partial charge in [0.05, 0.1) is 0 Å². The highest BCUT2D eigenvalue weighted by atomic mass is 32.2. The highest BCUT2D eigenvalue weighted by molar-refractivity contribution is 8.00. The lowest BCUT2D eigenvalue weighted by atomic mass is 10.0. The number of ether oxygens (including phenoxy) is 1. The van der Waals surface area contributed by atoms with Gasteiger partial charge in [0, 0.05) is 61.5 Å². The van der Waals surface area contributed by atoms with Gasteiger partial charge in [-0.05, 0) is 72.1 Å². The van der Waals surface area contributed by atoms with Crippen LogP contribution in [0.3, 0.4) is 0 Å². The van der Waals surface area contributed by atoms with Gasteiger partial charge in [-0.3, -0.25) is 9.59 Å². The molecule has 1 saturated heterocycles. The second-order valence-electron chi connectivity index (χ2n) is 9.41. The maximum absolute atomic E-state index is 12.8. The van der Waals surface area contributed by atoms with Gasteiger partial charge in [-0.2, -0.15) is 13.2 Å². The Labute approximate surface area is 231 Å². The van der Waals surface area contributed by atoms with Crippen LogP contribution in [0, 0.1) is 12.8 Å². The van der Waals surface area contributed by atoms with Crippen molar-refractivity contribution in [3.63, 3.8) is 0 Å². The molecule has 1 unspecified atom stereocenters. The van der Waals surface area contributed by atoms with Gasteiger partial charge in [-0.25, -0.2) is 0 Å². The standard InChI is InChI=1S/C27H29F6N3O3S/c1-17-4-9-22(24(37)34-11-13-40-27(31,32)33)18(2)23(17)16-35(3)14-19-10-12-36(15-19)25(38)20-5-7-21(8-6-20)39-26(28,29)30/h4-9,16,19H,1,10-15H2,2-3H3,(H,34,37)/b23-16+. The van der Waals surface area contributed by atoms with E-state index in [1.54, 1.807) is 24.0 Å². The lowest BCUT2D eigenvalue weighted by Crippen LogP contribution is -2.35. The van der Waals surface area contributed by atoms with Crippen LogP contribution in [0.4, 0.5) is 26.3 Å². The number of alkyl halides is 6. The molecule has 0 aromatic heterocycles. The van der Waals surface area contributed by atoms with Crippen molar-refractivity contribution in [3.8, 4) is 5.75 Å². The zero-order valence-electron chi connectivity index (χ0n) is 21.9. The zero-order chi connectivity index (χ0) is 29.7. The van der Waals surface area contributed by atoms with Gasteiger partial charge in [-0.15, -0.1) is 13.2 Å². The van der Waals surface area contributed by atoms with Crippen LogP contribution in [0.5, 0.6) is 5.75 Å². The number of rotatable bonds is 9. The molecule has 0 bridgehead atoms. The summed E-state index contributed by atoms with van der Waals surface area (Å²) < 4.78 is 77.9. The first-order valence-corrected chi connectivity index (χ1v) is 13.3. The molecule has 13 heteroatoms. The Hall–Kier alpha value is -3.35. The fourth-order valence-electron chi connectivity index (χ4n) is 4.47. The summed E-state index contributed by atoms with van der Waals surface area (Å²) in [4.78, 5) is 29.0. The summed E-state index contributed by atoms with van der Waals surface area (Å²) in [6, 6.07) is 8.06. The Morgan fingerprint density at radius 3 is 2.45 bits per heavy atom. The van der Waals surface area contributed by atoms with E-state index in [2.05, 4.69) is 16.6 Å². The number of hydrogen-bond donors (Lipinski definition) is 1. The highest BCUT2D eigenvalue weighted by Crippen LogP contribution is 2.29. The molecule has 218 valence electrons. The Bertz CT molecular complexity index is 1320. The molecule has 40 heavy (non-hydrogen) atoms. The van der Waals surface area contributed by atoms with Crippen molar-refractivity contribution < 1.29 is 40.7 Å². The van der Waals surface area contributed by atoms with Crippen LogP contribution in [0.2, 0.25) is 0 Å². The Morgan fingerprint density at radius 1 is 1.15 bits per heavy atom. The molecule has 1 N–H and O–H groups in total. The van der Waals surface area contributed by atoms with Crippen molar-refractivity contribution in [2.45, 2.75) is 25.2 Å². The maximum atomic E-state index is 12.8. The maximum Gasteiger partial charge on any atom is 0.573 e. The van der Waals surface area contributed by atoms with E-state index in [1.807, 2.05) is 18.1 Å². The highest BCUT2D eigenvalue weighted by Gasteiger charge is 2.32. The van der Waals surface area contributed by atoms with Gasteiger partial charge in [-0.1, -0.05) is 12.6 Å². The number of carbonyl (C=O) groups is 2. The number of amides is 2. The zero-order valence-corrected chi connectivity index (χ0v) is 22.7. The van der Waals surface area contributed by atoms with Gasteiger partial charge in [0.1, 0.15) is 5.75 Å². The predicted molar refractivity (Wildman–Crippen MR) is 141 cm³/mol. The summed E-state index contributed by atoms with van der Waals surface area (Å²) in [7, 11) is 1.85. The van der Waals surface area contributed by atoms with Gasteiger partial charge in [0.15, 0.2) is 0 Å². The fraction of sp³-hybridized carbons (Fsp3) is 0.407. The molecule has 0 saturated carbocycles. The normalized spacial score (nSPS) is 16.2. The minimum absolute atomic E-state index is 0.129. The molecular formula is C27H29F6N3O3S. The van der Waals surface area contributed by atoms with Gasteiger partial charge in [0.2, 0.25) is 0 Å². The Morgan fingerprint density at radius 2 is 1.82 bits per heavy atom. The van der Waals surface area contributed by atoms with E-state index in [0.29, 0.717) is 41.2 Å². The summed E-state index contributed by atoms with van der Waals surface area (Å²) in [6.45, 7) is 7.19. The first-order valence-electron chi connectivity index (χ1n) is 12.3. The average molecular weight is 590 g/mol. The molecular weight excluding hydrogens is 560 g/mol. The molecule has 0 aliphatic carbocycles. The first-order chi connectivity index (χ1) is 18.6. The molecule has 6 nitrogen and oxygen atoms in total. The molecule has 2 aromatic rings. The van der Waals surface area contributed by atoms with E-state index in [0.717, 1.165) is 18.6 Å². The van der Waals surface area contributed by atoms with Crippen molar-refractivity contribution in [2.24, 2.45) is 5.92 Å². The Kier molecular flexibility index (Phi) is 10.0. The Balaban J connectivity index is 1.60. The third kappa shape index (κ3) is 9.10. The van der Waals surface area contributed by atoms with E-state index in [9.17, 15) is 35.9 Å². The van der Waals surface area contributed by atoms with E-state index in [1.165, 1.54) is 12.1 Å². The van der Waals surface area contributed by atoms with E-state index in [-0.39, 0.29) is 41.4 Å². The molecule has 1 fully saturated rings. The van der Waals surface area contributed by atoms with Crippen LogP contribution < -0.4 is 20.5 Å². The number of nitrogens with zero attached hydrogens (tertiary/aromatic N) is 2. The number of nitrogens with one attached hydrogen (secondary N) is 1. The fourth-order valence-corrected chi connectivity index (χ4v) is 4.90. The topological polar surface area (TPSA) is 61.9 Å². The molecule has 1 atom stereocenters. The van der Waals surface area contributed by atoms with Crippen LogP contribution >= 0.6 is 11.8 Å². The van der Waals surface area contributed by atoms with E-state index in [4.69, 9.17) is 0 Å². The first kappa shape index (κ1) is 31.2. The second-order valence-corrected chi connectivity index (χ2v) is 10.6. The summed E-state index contributed by atoms with van der Waals surface area (Å²) >= 11 is -0.198. The summed E-state index contributed by atoms with van der Waals surface area (Å²) in [5, 5.41) is 3.90. The number of thioether (sulfide) groups is 1. The molecule has 0 radical (unpaired) electrons. The molecule has 3 rings (SSSR count). The van der Waals surface area contributed by atoms with Gasteiger partial charge in [0.25, 0.3) is 11.8 Å². The van der Waals surface area contributed by atoms with Crippen molar-refractivity contribution in [1.82, 2.24) is 15.1 Å². The number of hydrogen-bond acceptors (Lipinski definition) is 5. The minimum atomic E-state index is -4.81. The van der Waals surface area contributed by atoms with Gasteiger partial charge >= 0.3 is 11.9 Å². The SMILES string of the molecule is C=c1ccc(C(=O)NCCSC(F)(F)F)c(C)/c1=C/N(C)CC1CCN(C(=O)c2ccc(OC(F)(F)F)cc2)C1. The van der Waals surface area contributed by atoms with Crippen LogP contribution in [-0.4, -0.2) is 72.5 Å². The number of carbonyl (C=O) groups excluding carboxylic acids is 2. The largest absolute Gasteiger partial charge is 0.573 e. The summed E-state index contributed by atoms with van der Waals surface area (Å²) in [5.74, 6) is -1.31. The smallest absolute Gasteiger partial charge is 0.406 e. The quantitative estimate of drug-likeness (QED) is 0.353. The third-order valence-electron chi connectivity index (χ3n) is 6.31. The second kappa shape index (κ2) is 12.9. The van der Waals surface area contributed by atoms with Crippen molar-refractivity contribution in [1.29, 1.82) is 0 Å². The molecule has 1 heterocycles. The lowest BCUT2D eigenvalue weighted by molar-refractivity contribution is -0.274. The average Bonchev–Trinajstić information content (AvgIpc) is 3.31. The monoisotopic (exact) mass is 589 g/mol. The van der Waals surface area contributed by atoms with Gasteiger partial charge < -0.3 is 19.9 Å². The van der Waals surface area contributed by atoms with Crippen LogP contribution in [0.1, 0.15) is 32.7 Å². The number of halogens is 6. The molecule has 2 amide bonds. The van der Waals surface area contributed by atoms with Crippen molar-refractivity contribution in [3.05, 3.63) is 63.5 Å². The van der Waals surface area contributed by atoms with Crippen molar-refractivity contribution >= 4 is 36.4 Å². The van der Waals surface area contributed by atoms with Crippen LogP contribution in [-0.2, 0) is 0 Å².